The van der Waals surface area contributed by atoms with Crippen molar-refractivity contribution in [3.05, 3.63) is 41.6 Å². The lowest BCUT2D eigenvalue weighted by molar-refractivity contribution is -0.137. The summed E-state index contributed by atoms with van der Waals surface area (Å²) in [5, 5.41) is 7.25. The highest BCUT2D eigenvalue weighted by Gasteiger charge is 2.31. The number of alkyl halides is 4. The van der Waals surface area contributed by atoms with Gasteiger partial charge in [0.05, 0.1) is 11.3 Å². The zero-order valence-corrected chi connectivity index (χ0v) is 12.5. The Balaban J connectivity index is 2.40. The van der Waals surface area contributed by atoms with Crippen molar-refractivity contribution in [2.24, 2.45) is 5.10 Å². The van der Waals surface area contributed by atoms with Crippen molar-refractivity contribution < 1.29 is 18.0 Å². The number of amidine groups is 1. The fraction of sp³-hybridized carbons (Fsp3) is 0.286. The minimum Gasteiger partial charge on any atom is -0.311 e. The molecule has 1 aromatic carbocycles. The molecule has 1 heterocycles. The van der Waals surface area contributed by atoms with Gasteiger partial charge in [-0.3, -0.25) is 4.79 Å². The van der Waals surface area contributed by atoms with Crippen molar-refractivity contribution >= 4 is 29.0 Å². The maximum absolute atomic E-state index is 12.8. The van der Waals surface area contributed by atoms with Crippen molar-refractivity contribution in [2.75, 3.05) is 5.01 Å². The Morgan fingerprint density at radius 2 is 2.09 bits per heavy atom. The summed E-state index contributed by atoms with van der Waals surface area (Å²) in [5.74, 6) is -0.196. The van der Waals surface area contributed by atoms with Gasteiger partial charge in [0.1, 0.15) is 5.38 Å². The summed E-state index contributed by atoms with van der Waals surface area (Å²) in [6, 6.07) is 4.76. The third kappa shape index (κ3) is 3.59. The smallest absolute Gasteiger partial charge is 0.311 e. The second-order valence-corrected chi connectivity index (χ2v) is 5.21. The van der Waals surface area contributed by atoms with Crippen LogP contribution in [0.3, 0.4) is 0 Å². The van der Waals surface area contributed by atoms with Crippen LogP contribution in [0.2, 0.25) is 0 Å². The monoisotopic (exact) mass is 331 g/mol. The minimum atomic E-state index is -4.44. The molecule has 0 bridgehead atoms. The first-order chi connectivity index (χ1) is 10.2. The molecule has 0 fully saturated rings. The number of hydrogen-bond acceptors (Lipinski definition) is 3. The molecule has 0 aliphatic carbocycles. The Morgan fingerprint density at radius 1 is 1.41 bits per heavy atom. The number of nitrogens with zero attached hydrogens (tertiary/aromatic N) is 2. The van der Waals surface area contributed by atoms with Crippen LogP contribution in [0.1, 0.15) is 19.4 Å². The molecule has 0 saturated carbocycles. The number of hydrogen-bond donors (Lipinski definition) is 1. The standard InChI is InChI=1S/C14H13ClF3N3O/c1-8-6-12(15)13(19-9(2)22)20-21(8)11-5-3-4-10(7-11)14(16,17)18/h3-7,12H,1-2H3,(H,19,20,22). The number of amides is 1. The number of carbonyl (C=O) groups excluding carboxylic acids is 1. The van der Waals surface area contributed by atoms with Gasteiger partial charge in [0.15, 0.2) is 5.84 Å². The fourth-order valence-corrected chi connectivity index (χ4v) is 2.23. The average molecular weight is 332 g/mol. The van der Waals surface area contributed by atoms with E-state index in [4.69, 9.17) is 11.6 Å². The third-order valence-corrected chi connectivity index (χ3v) is 3.25. The summed E-state index contributed by atoms with van der Waals surface area (Å²) in [5.41, 5.74) is 0.0190. The van der Waals surface area contributed by atoms with E-state index in [0.717, 1.165) is 12.1 Å². The summed E-state index contributed by atoms with van der Waals surface area (Å²) in [7, 11) is 0. The highest BCUT2D eigenvalue weighted by atomic mass is 35.5. The minimum absolute atomic E-state index is 0.164. The first-order valence-electron chi connectivity index (χ1n) is 6.34. The highest BCUT2D eigenvalue weighted by Crippen LogP contribution is 2.33. The maximum atomic E-state index is 12.8. The second kappa shape index (κ2) is 6.00. The first-order valence-corrected chi connectivity index (χ1v) is 6.78. The lowest BCUT2D eigenvalue weighted by Crippen LogP contribution is -2.39. The molecule has 1 atom stereocenters. The van der Waals surface area contributed by atoms with Crippen LogP contribution in [-0.4, -0.2) is 17.1 Å². The van der Waals surface area contributed by atoms with Gasteiger partial charge in [0.2, 0.25) is 5.91 Å². The van der Waals surface area contributed by atoms with Crippen molar-refractivity contribution in [2.45, 2.75) is 25.4 Å². The Bertz CT molecular complexity index is 655. The quantitative estimate of drug-likeness (QED) is 0.801. The summed E-state index contributed by atoms with van der Waals surface area (Å²) in [6.07, 6.45) is -2.84. The van der Waals surface area contributed by atoms with E-state index in [2.05, 4.69) is 10.4 Å². The molecule has 1 N–H and O–H groups in total. The SMILES string of the molecule is CC(=O)NC1=NN(c2cccc(C(F)(F)F)c2)C(C)=CC1Cl. The third-order valence-electron chi connectivity index (χ3n) is 2.91. The molecule has 1 unspecified atom stereocenters. The van der Waals surface area contributed by atoms with Gasteiger partial charge < -0.3 is 5.32 Å². The summed E-state index contributed by atoms with van der Waals surface area (Å²) in [6.45, 7) is 2.97. The summed E-state index contributed by atoms with van der Waals surface area (Å²) >= 11 is 6.05. The number of carbonyl (C=O) groups is 1. The molecule has 0 aromatic heterocycles. The van der Waals surface area contributed by atoms with Crippen LogP contribution >= 0.6 is 11.6 Å². The van der Waals surface area contributed by atoms with Crippen LogP contribution in [0.5, 0.6) is 0 Å². The lowest BCUT2D eigenvalue weighted by atomic mass is 10.1. The molecule has 118 valence electrons. The van der Waals surface area contributed by atoms with Gasteiger partial charge in [-0.15, -0.1) is 11.6 Å². The predicted molar refractivity (Wildman–Crippen MR) is 78.6 cm³/mol. The van der Waals surface area contributed by atoms with Gasteiger partial charge in [0.25, 0.3) is 0 Å². The summed E-state index contributed by atoms with van der Waals surface area (Å²) < 4.78 is 38.4. The van der Waals surface area contributed by atoms with Crippen LogP contribution in [0, 0.1) is 0 Å². The van der Waals surface area contributed by atoms with Crippen molar-refractivity contribution in [1.82, 2.24) is 5.32 Å². The molecule has 0 spiro atoms. The molecule has 1 aliphatic heterocycles. The molecule has 0 radical (unpaired) electrons. The number of halogens is 4. The molecule has 1 aliphatic rings. The van der Waals surface area contributed by atoms with Crippen LogP contribution < -0.4 is 10.3 Å². The normalized spacial score (nSPS) is 18.6. The van der Waals surface area contributed by atoms with Gasteiger partial charge in [-0.05, 0) is 31.2 Å². The molecule has 2 rings (SSSR count). The number of nitrogens with one attached hydrogen (secondary N) is 1. The number of rotatable bonds is 1. The molecule has 1 amide bonds. The van der Waals surface area contributed by atoms with Crippen LogP contribution in [0.4, 0.5) is 18.9 Å². The van der Waals surface area contributed by atoms with Gasteiger partial charge in [-0.25, -0.2) is 5.01 Å². The second-order valence-electron chi connectivity index (χ2n) is 4.74. The number of allylic oxidation sites excluding steroid dienone is 1. The van der Waals surface area contributed by atoms with Crippen LogP contribution in [0.15, 0.2) is 41.1 Å². The van der Waals surface area contributed by atoms with E-state index in [1.807, 2.05) is 0 Å². The van der Waals surface area contributed by atoms with E-state index >= 15 is 0 Å². The predicted octanol–water partition coefficient (Wildman–Crippen LogP) is 3.49. The number of benzene rings is 1. The maximum Gasteiger partial charge on any atom is 0.416 e. The first kappa shape index (κ1) is 16.4. The molecular formula is C14H13ClF3N3O. The molecule has 22 heavy (non-hydrogen) atoms. The fourth-order valence-electron chi connectivity index (χ4n) is 1.95. The molecule has 0 saturated heterocycles. The van der Waals surface area contributed by atoms with Crippen LogP contribution in [0.25, 0.3) is 0 Å². The number of hydrazone groups is 1. The van der Waals surface area contributed by atoms with Gasteiger partial charge in [0, 0.05) is 12.6 Å². The van der Waals surface area contributed by atoms with Crippen molar-refractivity contribution in [3.8, 4) is 0 Å². The van der Waals surface area contributed by atoms with Gasteiger partial charge in [-0.2, -0.15) is 18.3 Å². The van der Waals surface area contributed by atoms with E-state index in [9.17, 15) is 18.0 Å². The van der Waals surface area contributed by atoms with Gasteiger partial charge in [-0.1, -0.05) is 6.07 Å². The summed E-state index contributed by atoms with van der Waals surface area (Å²) in [4.78, 5) is 11.1. The van der Waals surface area contributed by atoms with Crippen molar-refractivity contribution in [3.63, 3.8) is 0 Å². The van der Waals surface area contributed by atoms with E-state index in [0.29, 0.717) is 5.70 Å². The van der Waals surface area contributed by atoms with E-state index in [1.165, 1.54) is 24.1 Å². The molecule has 8 heteroatoms. The van der Waals surface area contributed by atoms with E-state index in [1.54, 1.807) is 13.0 Å². The zero-order chi connectivity index (χ0) is 16.5. The van der Waals surface area contributed by atoms with E-state index in [-0.39, 0.29) is 17.4 Å². The Hall–Kier alpha value is -2.02. The van der Waals surface area contributed by atoms with Crippen molar-refractivity contribution in [1.29, 1.82) is 0 Å². The molecular weight excluding hydrogens is 319 g/mol. The van der Waals surface area contributed by atoms with Crippen LogP contribution in [-0.2, 0) is 11.0 Å². The Kier molecular flexibility index (Phi) is 4.46. The topological polar surface area (TPSA) is 44.7 Å². The largest absolute Gasteiger partial charge is 0.416 e. The highest BCUT2D eigenvalue weighted by molar-refractivity contribution is 6.34. The number of anilines is 1. The molecule has 1 aromatic rings. The van der Waals surface area contributed by atoms with Gasteiger partial charge >= 0.3 is 6.18 Å². The average Bonchev–Trinajstić information content (AvgIpc) is 2.40. The zero-order valence-electron chi connectivity index (χ0n) is 11.8. The van der Waals surface area contributed by atoms with E-state index < -0.39 is 17.1 Å². The molecule has 4 nitrogen and oxygen atoms in total. The lowest BCUT2D eigenvalue weighted by Gasteiger charge is -2.27. The Labute approximate surface area is 130 Å². The Morgan fingerprint density at radius 3 is 2.68 bits per heavy atom.